The maximum atomic E-state index is 13.0. The number of hydrogen-bond acceptors (Lipinski definition) is 4. The van der Waals surface area contributed by atoms with Gasteiger partial charge in [0.25, 0.3) is 0 Å². The molecular formula is C8H12FN5Si. The summed E-state index contributed by atoms with van der Waals surface area (Å²) < 4.78 is 14.9. The van der Waals surface area contributed by atoms with Crippen LogP contribution in [0.3, 0.4) is 0 Å². The highest BCUT2D eigenvalue weighted by atomic mass is 28.3. The van der Waals surface area contributed by atoms with Gasteiger partial charge < -0.3 is 9.97 Å². The van der Waals surface area contributed by atoms with Crippen LogP contribution in [-0.2, 0) is 0 Å². The number of nitrogens with two attached hydrogens (primary N) is 1. The minimum Gasteiger partial charge on any atom is -0.382 e. The quantitative estimate of drug-likeness (QED) is 0.585. The molecule has 0 unspecified atom stereocenters. The maximum Gasteiger partial charge on any atom is 0.312 e. The van der Waals surface area contributed by atoms with Gasteiger partial charge >= 0.3 is 6.08 Å². The highest BCUT2D eigenvalue weighted by molar-refractivity contribution is 6.75. The van der Waals surface area contributed by atoms with Gasteiger partial charge in [-0.15, -0.1) is 0 Å². The summed E-state index contributed by atoms with van der Waals surface area (Å²) in [7, 11) is -1.65. The standard InChI is InChI=1S/C8H12FN5Si/c1-15(2,3)14-4-11-5-6(10)12-8(9)13-7(5)14/h4H,1-3H3,(H2,10,12,13). The third-order valence-corrected chi connectivity index (χ3v) is 3.89. The number of hydrogen-bond donors (Lipinski definition) is 1. The summed E-state index contributed by atoms with van der Waals surface area (Å²) in [5.74, 6) is 0.0921. The molecule has 0 aliphatic rings. The number of rotatable bonds is 1. The lowest BCUT2D eigenvalue weighted by atomic mass is 10.5. The van der Waals surface area contributed by atoms with Crippen molar-refractivity contribution in [3.05, 3.63) is 12.4 Å². The summed E-state index contributed by atoms with van der Waals surface area (Å²) in [5, 5.41) is 0. The van der Waals surface area contributed by atoms with Gasteiger partial charge in [-0.3, -0.25) is 0 Å². The minimum atomic E-state index is -1.65. The number of nitrogens with zero attached hydrogens (tertiary/aromatic N) is 4. The first-order chi connectivity index (χ1) is 6.89. The van der Waals surface area contributed by atoms with E-state index in [1.54, 1.807) is 6.33 Å². The first-order valence-corrected chi connectivity index (χ1v) is 8.01. The van der Waals surface area contributed by atoms with Crippen LogP contribution in [0.4, 0.5) is 10.2 Å². The van der Waals surface area contributed by atoms with Crippen LogP contribution in [0, 0.1) is 6.08 Å². The Morgan fingerprint density at radius 1 is 1.33 bits per heavy atom. The van der Waals surface area contributed by atoms with Gasteiger partial charge in [-0.1, -0.05) is 19.6 Å². The van der Waals surface area contributed by atoms with E-state index in [1.807, 2.05) is 4.23 Å². The smallest absolute Gasteiger partial charge is 0.312 e. The summed E-state index contributed by atoms with van der Waals surface area (Å²) in [6.07, 6.45) is 0.849. The second-order valence-corrected chi connectivity index (χ2v) is 9.16. The van der Waals surface area contributed by atoms with Crippen LogP contribution in [0.1, 0.15) is 0 Å². The second-order valence-electron chi connectivity index (χ2n) is 4.34. The molecule has 2 aromatic rings. The van der Waals surface area contributed by atoms with E-state index in [4.69, 9.17) is 5.73 Å². The lowest BCUT2D eigenvalue weighted by molar-refractivity contribution is 0.545. The summed E-state index contributed by atoms with van der Waals surface area (Å²) in [6.45, 7) is 6.35. The second kappa shape index (κ2) is 2.99. The molecule has 2 rings (SSSR count). The van der Waals surface area contributed by atoms with Gasteiger partial charge in [-0.05, 0) is 0 Å². The number of imidazole rings is 1. The molecule has 0 aromatic carbocycles. The average Bonchev–Trinajstić information content (AvgIpc) is 2.45. The Hall–Kier alpha value is -1.50. The molecule has 0 amide bonds. The number of aromatic nitrogens is 4. The first kappa shape index (κ1) is 10.0. The van der Waals surface area contributed by atoms with Crippen molar-refractivity contribution < 1.29 is 4.39 Å². The Bertz CT molecular complexity index is 515. The third kappa shape index (κ3) is 1.58. The lowest BCUT2D eigenvalue weighted by Crippen LogP contribution is -2.31. The van der Waals surface area contributed by atoms with Crippen LogP contribution in [0.5, 0.6) is 0 Å². The maximum absolute atomic E-state index is 13.0. The number of anilines is 1. The molecule has 0 aliphatic heterocycles. The van der Waals surface area contributed by atoms with Crippen molar-refractivity contribution in [3.8, 4) is 0 Å². The predicted octanol–water partition coefficient (Wildman–Crippen LogP) is 1.23. The van der Waals surface area contributed by atoms with Crippen molar-refractivity contribution in [2.24, 2.45) is 0 Å². The van der Waals surface area contributed by atoms with Crippen LogP contribution in [0.25, 0.3) is 11.2 Å². The predicted molar refractivity (Wildman–Crippen MR) is 58.4 cm³/mol. The van der Waals surface area contributed by atoms with Gasteiger partial charge in [-0.2, -0.15) is 14.4 Å². The molecule has 80 valence electrons. The van der Waals surface area contributed by atoms with Gasteiger partial charge in [0.2, 0.25) is 0 Å². The van der Waals surface area contributed by atoms with Gasteiger partial charge in [0.05, 0.1) is 6.33 Å². The van der Waals surface area contributed by atoms with Crippen LogP contribution < -0.4 is 5.73 Å². The molecule has 0 saturated heterocycles. The van der Waals surface area contributed by atoms with Crippen molar-refractivity contribution in [2.75, 3.05) is 5.73 Å². The Morgan fingerprint density at radius 2 is 2.00 bits per heavy atom. The third-order valence-electron chi connectivity index (χ3n) is 2.12. The van der Waals surface area contributed by atoms with Crippen molar-refractivity contribution in [2.45, 2.75) is 19.6 Å². The molecule has 15 heavy (non-hydrogen) atoms. The molecule has 2 N–H and O–H groups in total. The van der Waals surface area contributed by atoms with Crippen molar-refractivity contribution in [3.63, 3.8) is 0 Å². The molecule has 5 nitrogen and oxygen atoms in total. The Morgan fingerprint density at radius 3 is 2.60 bits per heavy atom. The highest BCUT2D eigenvalue weighted by Crippen LogP contribution is 2.19. The molecule has 0 atom stereocenters. The van der Waals surface area contributed by atoms with E-state index in [2.05, 4.69) is 34.6 Å². The van der Waals surface area contributed by atoms with E-state index >= 15 is 0 Å². The molecule has 0 spiro atoms. The Balaban J connectivity index is 2.80. The topological polar surface area (TPSA) is 69.6 Å². The van der Waals surface area contributed by atoms with E-state index in [-0.39, 0.29) is 5.82 Å². The van der Waals surface area contributed by atoms with Gasteiger partial charge in [-0.25, -0.2) is 4.98 Å². The zero-order valence-electron chi connectivity index (χ0n) is 8.82. The monoisotopic (exact) mass is 225 g/mol. The highest BCUT2D eigenvalue weighted by Gasteiger charge is 2.21. The van der Waals surface area contributed by atoms with E-state index in [0.29, 0.717) is 11.2 Å². The summed E-state index contributed by atoms with van der Waals surface area (Å²) in [5.41, 5.74) is 6.52. The molecule has 0 saturated carbocycles. The molecule has 2 heterocycles. The van der Waals surface area contributed by atoms with Crippen LogP contribution in [0.15, 0.2) is 6.33 Å². The van der Waals surface area contributed by atoms with Gasteiger partial charge in [0.1, 0.15) is 5.52 Å². The lowest BCUT2D eigenvalue weighted by Gasteiger charge is -2.17. The van der Waals surface area contributed by atoms with E-state index in [0.717, 1.165) is 0 Å². The summed E-state index contributed by atoms with van der Waals surface area (Å²) >= 11 is 0. The number of nitrogen functional groups attached to an aromatic ring is 1. The normalized spacial score (nSPS) is 12.3. The van der Waals surface area contributed by atoms with Crippen molar-refractivity contribution in [1.82, 2.24) is 19.2 Å². The molecule has 0 fully saturated rings. The van der Waals surface area contributed by atoms with Crippen LogP contribution >= 0.6 is 0 Å². The van der Waals surface area contributed by atoms with E-state index in [1.165, 1.54) is 0 Å². The largest absolute Gasteiger partial charge is 0.382 e. The fourth-order valence-electron chi connectivity index (χ4n) is 1.39. The van der Waals surface area contributed by atoms with Gasteiger partial charge in [0.15, 0.2) is 19.7 Å². The molecule has 0 bridgehead atoms. The molecular weight excluding hydrogens is 213 g/mol. The fraction of sp³-hybridized carbons (Fsp3) is 0.375. The summed E-state index contributed by atoms with van der Waals surface area (Å²) in [4.78, 5) is 11.3. The average molecular weight is 225 g/mol. The molecule has 0 aliphatic carbocycles. The Kier molecular flexibility index (Phi) is 2.00. The minimum absolute atomic E-state index is 0.0921. The van der Waals surface area contributed by atoms with E-state index < -0.39 is 14.3 Å². The SMILES string of the molecule is C[Si](C)(C)n1cnc2c(N)nc(F)nc21. The van der Waals surface area contributed by atoms with E-state index in [9.17, 15) is 4.39 Å². The fourth-order valence-corrected chi connectivity index (χ4v) is 2.58. The number of fused-ring (bicyclic) bond motifs is 1. The molecule has 0 radical (unpaired) electrons. The van der Waals surface area contributed by atoms with Crippen LogP contribution in [-0.4, -0.2) is 27.4 Å². The molecule has 2 aromatic heterocycles. The zero-order valence-corrected chi connectivity index (χ0v) is 9.82. The summed E-state index contributed by atoms with van der Waals surface area (Å²) in [6, 6.07) is 0. The van der Waals surface area contributed by atoms with Crippen molar-refractivity contribution in [1.29, 1.82) is 0 Å². The van der Waals surface area contributed by atoms with Gasteiger partial charge in [0, 0.05) is 0 Å². The first-order valence-electron chi connectivity index (χ1n) is 4.56. The Labute approximate surface area is 87.3 Å². The van der Waals surface area contributed by atoms with Crippen LogP contribution in [0.2, 0.25) is 19.6 Å². The molecule has 7 heteroatoms. The van der Waals surface area contributed by atoms with Crippen molar-refractivity contribution >= 4 is 25.2 Å². The zero-order chi connectivity index (χ0) is 11.2. The number of halogens is 1.